The zero-order valence-electron chi connectivity index (χ0n) is 8.52. The van der Waals surface area contributed by atoms with E-state index in [4.69, 9.17) is 10.5 Å². The van der Waals surface area contributed by atoms with Crippen LogP contribution in [0.2, 0.25) is 0 Å². The highest BCUT2D eigenvalue weighted by molar-refractivity contribution is 5.16. The predicted molar refractivity (Wildman–Crippen MR) is 59.1 cm³/mol. The Morgan fingerprint density at radius 1 is 1.43 bits per heavy atom. The molecule has 2 heteroatoms. The zero-order chi connectivity index (χ0) is 10.4. The second kappa shape index (κ2) is 5.58. The average Bonchev–Trinajstić information content (AvgIpc) is 2.21. The molecule has 0 amide bonds. The molecule has 2 atom stereocenters. The van der Waals surface area contributed by atoms with Crippen LogP contribution in [-0.2, 0) is 11.2 Å². The monoisotopic (exact) mass is 191 g/mol. The van der Waals surface area contributed by atoms with Crippen molar-refractivity contribution >= 4 is 0 Å². The van der Waals surface area contributed by atoms with Crippen LogP contribution >= 0.6 is 0 Å². The number of rotatable bonds is 5. The van der Waals surface area contributed by atoms with Crippen LogP contribution in [0.5, 0.6) is 0 Å². The van der Waals surface area contributed by atoms with Gasteiger partial charge in [-0.3, -0.25) is 0 Å². The molecule has 0 aliphatic rings. The van der Waals surface area contributed by atoms with E-state index < -0.39 is 0 Å². The van der Waals surface area contributed by atoms with Gasteiger partial charge in [0, 0.05) is 13.2 Å². The van der Waals surface area contributed by atoms with Gasteiger partial charge in [-0.05, 0) is 12.0 Å². The molecule has 0 saturated carbocycles. The van der Waals surface area contributed by atoms with Gasteiger partial charge in [0.05, 0.1) is 6.10 Å². The average molecular weight is 191 g/mol. The molecule has 1 aromatic carbocycles. The predicted octanol–water partition coefficient (Wildman–Crippen LogP) is 1.76. The lowest BCUT2D eigenvalue weighted by Crippen LogP contribution is -2.36. The summed E-state index contributed by atoms with van der Waals surface area (Å²) in [6.07, 6.45) is 2.48. The largest absolute Gasteiger partial charge is 0.376 e. The first-order chi connectivity index (χ1) is 6.77. The van der Waals surface area contributed by atoms with Crippen molar-refractivity contribution in [2.75, 3.05) is 7.11 Å². The minimum atomic E-state index is -0.0739. The van der Waals surface area contributed by atoms with Gasteiger partial charge >= 0.3 is 0 Å². The third-order valence-corrected chi connectivity index (χ3v) is 2.24. The van der Waals surface area contributed by atoms with Crippen molar-refractivity contribution in [3.8, 4) is 0 Å². The maximum Gasteiger partial charge on any atom is 0.0903 e. The molecule has 0 heterocycles. The maximum atomic E-state index is 5.97. The van der Waals surface area contributed by atoms with E-state index in [2.05, 4.69) is 18.7 Å². The summed E-state index contributed by atoms with van der Waals surface area (Å²) < 4.78 is 5.19. The number of methoxy groups -OCH3 is 1. The fraction of sp³-hybridized carbons (Fsp3) is 0.333. The van der Waals surface area contributed by atoms with E-state index in [1.807, 2.05) is 18.2 Å². The molecule has 2 N–H and O–H groups in total. The SMILES string of the molecule is C=C[C@H](OC)[C@@H](N)Cc1ccccc1. The van der Waals surface area contributed by atoms with E-state index in [0.29, 0.717) is 0 Å². The Kier molecular flexibility index (Phi) is 4.36. The van der Waals surface area contributed by atoms with Crippen molar-refractivity contribution < 1.29 is 4.74 Å². The molecule has 0 aliphatic carbocycles. The molecule has 0 spiro atoms. The Bertz CT molecular complexity index is 271. The zero-order valence-corrected chi connectivity index (χ0v) is 8.52. The number of hydrogen-bond acceptors (Lipinski definition) is 2. The van der Waals surface area contributed by atoms with Crippen molar-refractivity contribution in [3.63, 3.8) is 0 Å². The molecular formula is C12H17NO. The van der Waals surface area contributed by atoms with Gasteiger partial charge < -0.3 is 10.5 Å². The molecule has 0 saturated heterocycles. The minimum Gasteiger partial charge on any atom is -0.376 e. The summed E-state index contributed by atoms with van der Waals surface area (Å²) in [5.41, 5.74) is 7.20. The molecule has 76 valence electrons. The van der Waals surface area contributed by atoms with Crippen molar-refractivity contribution in [1.29, 1.82) is 0 Å². The second-order valence-electron chi connectivity index (χ2n) is 3.29. The van der Waals surface area contributed by atoms with Crippen molar-refractivity contribution in [3.05, 3.63) is 48.6 Å². The summed E-state index contributed by atoms with van der Waals surface area (Å²) >= 11 is 0. The Morgan fingerprint density at radius 3 is 2.57 bits per heavy atom. The first-order valence-corrected chi connectivity index (χ1v) is 4.72. The molecule has 14 heavy (non-hydrogen) atoms. The van der Waals surface area contributed by atoms with E-state index in [9.17, 15) is 0 Å². The number of benzene rings is 1. The highest BCUT2D eigenvalue weighted by atomic mass is 16.5. The van der Waals surface area contributed by atoms with Crippen LogP contribution in [0.4, 0.5) is 0 Å². The van der Waals surface area contributed by atoms with Gasteiger partial charge in [-0.2, -0.15) is 0 Å². The van der Waals surface area contributed by atoms with Crippen molar-refractivity contribution in [1.82, 2.24) is 0 Å². The molecule has 0 unspecified atom stereocenters. The molecule has 0 fully saturated rings. The summed E-state index contributed by atoms with van der Waals surface area (Å²) in [5, 5.41) is 0. The van der Waals surface area contributed by atoms with Crippen LogP contribution in [-0.4, -0.2) is 19.3 Å². The first kappa shape index (κ1) is 11.0. The summed E-state index contributed by atoms with van der Waals surface area (Å²) in [6.45, 7) is 3.69. The number of nitrogens with two attached hydrogens (primary N) is 1. The molecule has 2 nitrogen and oxygen atoms in total. The minimum absolute atomic E-state index is 0.0279. The lowest BCUT2D eigenvalue weighted by atomic mass is 10.0. The van der Waals surface area contributed by atoms with Gasteiger partial charge in [0.25, 0.3) is 0 Å². The van der Waals surface area contributed by atoms with Crippen LogP contribution in [0, 0.1) is 0 Å². The van der Waals surface area contributed by atoms with Gasteiger partial charge in [0.1, 0.15) is 0 Å². The Hall–Kier alpha value is -1.12. The highest BCUT2D eigenvalue weighted by Gasteiger charge is 2.13. The Labute approximate surface area is 85.4 Å². The number of hydrogen-bond donors (Lipinski definition) is 1. The molecule has 0 aromatic heterocycles. The molecular weight excluding hydrogens is 174 g/mol. The normalized spacial score (nSPS) is 14.7. The molecule has 0 bridgehead atoms. The summed E-state index contributed by atoms with van der Waals surface area (Å²) in [4.78, 5) is 0. The molecule has 0 aliphatic heterocycles. The first-order valence-electron chi connectivity index (χ1n) is 4.72. The van der Waals surface area contributed by atoms with E-state index in [1.54, 1.807) is 13.2 Å². The molecule has 0 radical (unpaired) electrons. The van der Waals surface area contributed by atoms with Gasteiger partial charge in [0.2, 0.25) is 0 Å². The topological polar surface area (TPSA) is 35.2 Å². The van der Waals surface area contributed by atoms with Gasteiger partial charge in [0.15, 0.2) is 0 Å². The van der Waals surface area contributed by atoms with Crippen LogP contribution < -0.4 is 5.73 Å². The molecule has 1 aromatic rings. The van der Waals surface area contributed by atoms with E-state index in [0.717, 1.165) is 6.42 Å². The lowest BCUT2D eigenvalue weighted by molar-refractivity contribution is 0.118. The third kappa shape index (κ3) is 2.98. The third-order valence-electron chi connectivity index (χ3n) is 2.24. The number of ether oxygens (including phenoxy) is 1. The van der Waals surface area contributed by atoms with Crippen molar-refractivity contribution in [2.45, 2.75) is 18.6 Å². The molecule has 1 rings (SSSR count). The lowest BCUT2D eigenvalue weighted by Gasteiger charge is -2.18. The quantitative estimate of drug-likeness (QED) is 0.720. The van der Waals surface area contributed by atoms with E-state index in [1.165, 1.54) is 5.56 Å². The van der Waals surface area contributed by atoms with Crippen LogP contribution in [0.3, 0.4) is 0 Å². The smallest absolute Gasteiger partial charge is 0.0903 e. The Morgan fingerprint density at radius 2 is 2.07 bits per heavy atom. The van der Waals surface area contributed by atoms with Crippen LogP contribution in [0.15, 0.2) is 43.0 Å². The summed E-state index contributed by atoms with van der Waals surface area (Å²) in [6, 6.07) is 10.1. The second-order valence-corrected chi connectivity index (χ2v) is 3.29. The van der Waals surface area contributed by atoms with E-state index in [-0.39, 0.29) is 12.1 Å². The van der Waals surface area contributed by atoms with Gasteiger partial charge in [-0.25, -0.2) is 0 Å². The standard InChI is InChI=1S/C12H17NO/c1-3-12(14-2)11(13)9-10-7-5-4-6-8-10/h3-8,11-12H,1,9,13H2,2H3/t11-,12-/m0/s1. The fourth-order valence-corrected chi connectivity index (χ4v) is 1.45. The van der Waals surface area contributed by atoms with Crippen LogP contribution in [0.25, 0.3) is 0 Å². The Balaban J connectivity index is 2.56. The van der Waals surface area contributed by atoms with Gasteiger partial charge in [-0.15, -0.1) is 6.58 Å². The van der Waals surface area contributed by atoms with Crippen LogP contribution in [0.1, 0.15) is 5.56 Å². The van der Waals surface area contributed by atoms with Crippen molar-refractivity contribution in [2.24, 2.45) is 5.73 Å². The maximum absolute atomic E-state index is 5.97. The van der Waals surface area contributed by atoms with Gasteiger partial charge in [-0.1, -0.05) is 36.4 Å². The van der Waals surface area contributed by atoms with E-state index >= 15 is 0 Å². The summed E-state index contributed by atoms with van der Waals surface area (Å²) in [7, 11) is 1.65. The highest BCUT2D eigenvalue weighted by Crippen LogP contribution is 2.06. The summed E-state index contributed by atoms with van der Waals surface area (Å²) in [5.74, 6) is 0. The fourth-order valence-electron chi connectivity index (χ4n) is 1.45.